The molecule has 1 saturated heterocycles. The second kappa shape index (κ2) is 8.47. The van der Waals surface area contributed by atoms with E-state index in [2.05, 4.69) is 12.2 Å². The van der Waals surface area contributed by atoms with Gasteiger partial charge in [0.15, 0.2) is 0 Å². The molecule has 1 N–H and O–H groups in total. The van der Waals surface area contributed by atoms with E-state index >= 15 is 0 Å². The average Bonchev–Trinajstić information content (AvgIpc) is 2.73. The summed E-state index contributed by atoms with van der Waals surface area (Å²) in [7, 11) is 0. The Morgan fingerprint density at radius 3 is 2.78 bits per heavy atom. The monoisotopic (exact) mass is 363 g/mol. The first-order valence-corrected chi connectivity index (χ1v) is 8.90. The minimum Gasteiger partial charge on any atom is -0.365 e. The summed E-state index contributed by atoms with van der Waals surface area (Å²) in [5, 5.41) is 11.7. The number of anilines is 1. The molecular formula is C21H21N3O3. The number of nitrogens with zero attached hydrogens (tertiary/aromatic N) is 2. The number of hydrogen-bond acceptors (Lipinski definition) is 4. The third kappa shape index (κ3) is 4.52. The SMILES string of the molecule is CCc1ccc(N2CC(CNC(=O)c3cccc(C#N)c3)OCC2=O)cc1. The molecule has 3 rings (SSSR count). The summed E-state index contributed by atoms with van der Waals surface area (Å²) in [4.78, 5) is 26.2. The molecule has 2 aromatic carbocycles. The fourth-order valence-corrected chi connectivity index (χ4v) is 2.95. The molecule has 0 aromatic heterocycles. The highest BCUT2D eigenvalue weighted by atomic mass is 16.5. The van der Waals surface area contributed by atoms with Crippen molar-refractivity contribution in [3.63, 3.8) is 0 Å². The van der Waals surface area contributed by atoms with E-state index in [1.807, 2.05) is 30.3 Å². The van der Waals surface area contributed by atoms with Crippen molar-refractivity contribution in [1.29, 1.82) is 5.26 Å². The van der Waals surface area contributed by atoms with Crippen LogP contribution in [-0.2, 0) is 16.0 Å². The first-order valence-electron chi connectivity index (χ1n) is 8.90. The number of rotatable bonds is 5. The Hall–Kier alpha value is -3.17. The maximum atomic E-state index is 12.3. The fourth-order valence-electron chi connectivity index (χ4n) is 2.95. The number of carbonyl (C=O) groups excluding carboxylic acids is 2. The molecule has 1 atom stereocenters. The molecule has 0 bridgehead atoms. The number of morpholine rings is 1. The number of amides is 2. The largest absolute Gasteiger partial charge is 0.365 e. The molecule has 2 aromatic rings. The molecule has 0 spiro atoms. The third-order valence-electron chi connectivity index (χ3n) is 4.53. The van der Waals surface area contributed by atoms with Crippen molar-refractivity contribution in [2.24, 2.45) is 0 Å². The topological polar surface area (TPSA) is 82.4 Å². The maximum Gasteiger partial charge on any atom is 0.253 e. The maximum absolute atomic E-state index is 12.3. The van der Waals surface area contributed by atoms with Gasteiger partial charge in [-0.15, -0.1) is 0 Å². The van der Waals surface area contributed by atoms with Crippen molar-refractivity contribution in [3.8, 4) is 6.07 Å². The van der Waals surface area contributed by atoms with Crippen LogP contribution in [-0.4, -0.2) is 37.6 Å². The lowest BCUT2D eigenvalue weighted by Crippen LogP contribution is -2.50. The summed E-state index contributed by atoms with van der Waals surface area (Å²) < 4.78 is 5.56. The lowest BCUT2D eigenvalue weighted by Gasteiger charge is -2.33. The zero-order chi connectivity index (χ0) is 19.2. The van der Waals surface area contributed by atoms with Gasteiger partial charge in [-0.2, -0.15) is 5.26 Å². The Balaban J connectivity index is 1.61. The van der Waals surface area contributed by atoms with Gasteiger partial charge in [0, 0.05) is 17.8 Å². The normalized spacial score (nSPS) is 16.7. The Labute approximate surface area is 158 Å². The van der Waals surface area contributed by atoms with Crippen molar-refractivity contribution in [2.45, 2.75) is 19.4 Å². The highest BCUT2D eigenvalue weighted by Crippen LogP contribution is 2.19. The molecule has 1 heterocycles. The van der Waals surface area contributed by atoms with Crippen LogP contribution in [0.25, 0.3) is 0 Å². The average molecular weight is 363 g/mol. The van der Waals surface area contributed by atoms with Gasteiger partial charge < -0.3 is 15.0 Å². The Morgan fingerprint density at radius 2 is 2.07 bits per heavy atom. The molecule has 6 heteroatoms. The Morgan fingerprint density at radius 1 is 1.30 bits per heavy atom. The molecule has 1 aliphatic heterocycles. The first kappa shape index (κ1) is 18.6. The minimum absolute atomic E-state index is 0.0139. The number of ether oxygens (including phenoxy) is 1. The van der Waals surface area contributed by atoms with Crippen LogP contribution in [0.15, 0.2) is 48.5 Å². The number of nitrogens with one attached hydrogen (secondary N) is 1. The summed E-state index contributed by atoms with van der Waals surface area (Å²) >= 11 is 0. The summed E-state index contributed by atoms with van der Waals surface area (Å²) in [6, 6.07) is 16.4. The number of carbonyl (C=O) groups is 2. The Kier molecular flexibility index (Phi) is 5.84. The van der Waals surface area contributed by atoms with Crippen LogP contribution < -0.4 is 10.2 Å². The van der Waals surface area contributed by atoms with Crippen LogP contribution in [0.1, 0.15) is 28.4 Å². The second-order valence-electron chi connectivity index (χ2n) is 6.36. The zero-order valence-electron chi connectivity index (χ0n) is 15.1. The van der Waals surface area contributed by atoms with Crippen LogP contribution in [0.4, 0.5) is 5.69 Å². The number of hydrogen-bond donors (Lipinski definition) is 1. The van der Waals surface area contributed by atoms with E-state index < -0.39 is 0 Å². The van der Waals surface area contributed by atoms with Crippen molar-refractivity contribution < 1.29 is 14.3 Å². The zero-order valence-corrected chi connectivity index (χ0v) is 15.1. The van der Waals surface area contributed by atoms with Gasteiger partial charge in [0.2, 0.25) is 0 Å². The third-order valence-corrected chi connectivity index (χ3v) is 4.53. The number of aryl methyl sites for hydroxylation is 1. The van der Waals surface area contributed by atoms with Crippen molar-refractivity contribution >= 4 is 17.5 Å². The van der Waals surface area contributed by atoms with E-state index in [4.69, 9.17) is 10.00 Å². The van der Waals surface area contributed by atoms with Crippen LogP contribution in [0.5, 0.6) is 0 Å². The molecule has 27 heavy (non-hydrogen) atoms. The smallest absolute Gasteiger partial charge is 0.253 e. The summed E-state index contributed by atoms with van der Waals surface area (Å²) in [5.74, 6) is -0.366. The molecule has 6 nitrogen and oxygen atoms in total. The summed E-state index contributed by atoms with van der Waals surface area (Å²) in [6.45, 7) is 2.73. The highest BCUT2D eigenvalue weighted by molar-refractivity contribution is 5.95. The van der Waals surface area contributed by atoms with Gasteiger partial charge in [0.05, 0.1) is 24.3 Å². The lowest BCUT2D eigenvalue weighted by molar-refractivity contribution is -0.129. The van der Waals surface area contributed by atoms with Crippen LogP contribution in [0.3, 0.4) is 0 Å². The van der Waals surface area contributed by atoms with E-state index in [0.29, 0.717) is 17.7 Å². The lowest BCUT2D eigenvalue weighted by atomic mass is 10.1. The molecular weight excluding hydrogens is 342 g/mol. The quantitative estimate of drug-likeness (QED) is 0.883. The van der Waals surface area contributed by atoms with Gasteiger partial charge in [-0.1, -0.05) is 25.1 Å². The van der Waals surface area contributed by atoms with Gasteiger partial charge >= 0.3 is 0 Å². The van der Waals surface area contributed by atoms with Crippen LogP contribution in [0, 0.1) is 11.3 Å². The molecule has 1 aliphatic rings. The molecule has 0 radical (unpaired) electrons. The standard InChI is InChI=1S/C21H21N3O3/c1-2-15-6-8-18(9-7-15)24-13-19(27-14-20(24)25)12-23-21(26)17-5-3-4-16(10-17)11-22/h3-10,19H,2,12-14H2,1H3,(H,23,26). The highest BCUT2D eigenvalue weighted by Gasteiger charge is 2.27. The van der Waals surface area contributed by atoms with E-state index in [1.54, 1.807) is 29.2 Å². The van der Waals surface area contributed by atoms with Crippen molar-refractivity contribution in [2.75, 3.05) is 24.6 Å². The predicted molar refractivity (Wildman–Crippen MR) is 101 cm³/mol. The van der Waals surface area contributed by atoms with Gasteiger partial charge in [-0.05, 0) is 42.3 Å². The fraction of sp³-hybridized carbons (Fsp3) is 0.286. The predicted octanol–water partition coefficient (Wildman–Crippen LogP) is 2.28. The molecule has 0 saturated carbocycles. The number of nitriles is 1. The number of benzene rings is 2. The Bertz CT molecular complexity index is 871. The van der Waals surface area contributed by atoms with Crippen molar-refractivity contribution in [1.82, 2.24) is 5.32 Å². The molecule has 1 fully saturated rings. The molecule has 0 aliphatic carbocycles. The minimum atomic E-state index is -0.295. The van der Waals surface area contributed by atoms with E-state index in [9.17, 15) is 9.59 Å². The molecule has 138 valence electrons. The van der Waals surface area contributed by atoms with E-state index in [0.717, 1.165) is 12.1 Å². The van der Waals surface area contributed by atoms with Crippen molar-refractivity contribution in [3.05, 3.63) is 65.2 Å². The van der Waals surface area contributed by atoms with E-state index in [-0.39, 0.29) is 31.1 Å². The summed E-state index contributed by atoms with van der Waals surface area (Å²) in [6.07, 6.45) is 0.649. The van der Waals surface area contributed by atoms with Gasteiger partial charge in [-0.3, -0.25) is 9.59 Å². The second-order valence-corrected chi connectivity index (χ2v) is 6.36. The van der Waals surface area contributed by atoms with Gasteiger partial charge in [0.1, 0.15) is 6.61 Å². The first-order chi connectivity index (χ1) is 13.1. The van der Waals surface area contributed by atoms with Crippen LogP contribution >= 0.6 is 0 Å². The molecule has 2 amide bonds. The molecule has 1 unspecified atom stereocenters. The summed E-state index contributed by atoms with van der Waals surface area (Å²) in [5.41, 5.74) is 2.90. The van der Waals surface area contributed by atoms with Gasteiger partial charge in [-0.25, -0.2) is 0 Å². The van der Waals surface area contributed by atoms with Gasteiger partial charge in [0.25, 0.3) is 11.8 Å². The van der Waals surface area contributed by atoms with Crippen LogP contribution in [0.2, 0.25) is 0 Å². The van der Waals surface area contributed by atoms with E-state index in [1.165, 1.54) is 5.56 Å².